The van der Waals surface area contributed by atoms with Crippen LogP contribution in [0.25, 0.3) is 11.1 Å². The van der Waals surface area contributed by atoms with Crippen molar-refractivity contribution in [3.05, 3.63) is 47.9 Å². The van der Waals surface area contributed by atoms with E-state index < -0.39 is 28.9 Å². The third kappa shape index (κ3) is 5.76. The van der Waals surface area contributed by atoms with E-state index in [0.717, 1.165) is 18.9 Å². The average Bonchev–Trinajstić information content (AvgIpc) is 2.72. The standard InChI is InChI=1S/C23H26F4N2O3/c1-22(2,23(25,26)27)14-29-9-7-15(8-10-29)13-32-20-6-4-17(12-28-20)16-3-5-18(21(30)31)19(24)11-16/h3-6,11-12,15H,7-10,13-14H2,1-2H3,(H,30,31). The largest absolute Gasteiger partial charge is 0.478 e. The summed E-state index contributed by atoms with van der Waals surface area (Å²) in [5, 5.41) is 8.91. The number of benzene rings is 1. The number of piperidine rings is 1. The molecule has 2 aromatic rings. The molecule has 5 nitrogen and oxygen atoms in total. The minimum atomic E-state index is -4.23. The van der Waals surface area contributed by atoms with E-state index >= 15 is 0 Å². The van der Waals surface area contributed by atoms with Crippen LogP contribution in [0, 0.1) is 17.2 Å². The Balaban J connectivity index is 1.49. The number of pyridine rings is 1. The lowest BCUT2D eigenvalue weighted by Crippen LogP contribution is -2.46. The maximum absolute atomic E-state index is 13.9. The predicted molar refractivity (Wildman–Crippen MR) is 111 cm³/mol. The number of aromatic nitrogens is 1. The van der Waals surface area contributed by atoms with Crippen LogP contribution in [0.5, 0.6) is 5.88 Å². The molecule has 0 amide bonds. The molecular weight excluding hydrogens is 428 g/mol. The van der Waals surface area contributed by atoms with Crippen LogP contribution >= 0.6 is 0 Å². The number of carboxylic acid groups (broad SMARTS) is 1. The average molecular weight is 454 g/mol. The van der Waals surface area contributed by atoms with Gasteiger partial charge in [-0.25, -0.2) is 14.2 Å². The Kier molecular flexibility index (Phi) is 7.07. The number of hydrogen-bond acceptors (Lipinski definition) is 4. The summed E-state index contributed by atoms with van der Waals surface area (Å²) < 4.78 is 58.9. The van der Waals surface area contributed by atoms with Gasteiger partial charge in [-0.05, 0) is 69.5 Å². The van der Waals surface area contributed by atoms with Crippen molar-refractivity contribution in [3.63, 3.8) is 0 Å². The topological polar surface area (TPSA) is 62.7 Å². The number of ether oxygens (including phenoxy) is 1. The molecule has 1 fully saturated rings. The third-order valence-electron chi connectivity index (χ3n) is 5.83. The minimum absolute atomic E-state index is 0.0128. The number of likely N-dealkylation sites (tertiary alicyclic amines) is 1. The highest BCUT2D eigenvalue weighted by atomic mass is 19.4. The molecule has 0 radical (unpaired) electrons. The van der Waals surface area contributed by atoms with Gasteiger partial charge in [-0.2, -0.15) is 13.2 Å². The van der Waals surface area contributed by atoms with Gasteiger partial charge >= 0.3 is 12.1 Å². The van der Waals surface area contributed by atoms with Gasteiger partial charge in [-0.3, -0.25) is 0 Å². The van der Waals surface area contributed by atoms with Crippen LogP contribution in [0.1, 0.15) is 37.0 Å². The molecule has 0 unspecified atom stereocenters. The van der Waals surface area contributed by atoms with Gasteiger partial charge in [-0.1, -0.05) is 6.07 Å². The first-order valence-electron chi connectivity index (χ1n) is 10.4. The molecule has 1 aromatic heterocycles. The van der Waals surface area contributed by atoms with E-state index in [0.29, 0.717) is 36.7 Å². The van der Waals surface area contributed by atoms with E-state index in [1.54, 1.807) is 12.1 Å². The number of carboxylic acids is 1. The summed E-state index contributed by atoms with van der Waals surface area (Å²) in [6.07, 6.45) is -1.20. The maximum Gasteiger partial charge on any atom is 0.395 e. The van der Waals surface area contributed by atoms with Crippen molar-refractivity contribution in [1.82, 2.24) is 9.88 Å². The lowest BCUT2D eigenvalue weighted by Gasteiger charge is -2.38. The molecular formula is C23H26F4N2O3. The Morgan fingerprint density at radius 1 is 1.16 bits per heavy atom. The van der Waals surface area contributed by atoms with Crippen LogP contribution in [-0.2, 0) is 0 Å². The Morgan fingerprint density at radius 2 is 1.81 bits per heavy atom. The molecule has 0 saturated carbocycles. The molecule has 1 aliphatic heterocycles. The molecule has 1 aliphatic rings. The molecule has 0 spiro atoms. The second kappa shape index (κ2) is 9.44. The number of rotatable bonds is 7. The quantitative estimate of drug-likeness (QED) is 0.578. The number of halogens is 4. The Morgan fingerprint density at radius 3 is 2.34 bits per heavy atom. The summed E-state index contributed by atoms with van der Waals surface area (Å²) in [6.45, 7) is 4.06. The Labute approximate surface area is 184 Å². The molecule has 0 aliphatic carbocycles. The van der Waals surface area contributed by atoms with Gasteiger partial charge < -0.3 is 14.7 Å². The smallest absolute Gasteiger partial charge is 0.395 e. The van der Waals surface area contributed by atoms with Gasteiger partial charge in [0.15, 0.2) is 0 Å². The van der Waals surface area contributed by atoms with Crippen molar-refractivity contribution < 1.29 is 32.2 Å². The fourth-order valence-corrected chi connectivity index (χ4v) is 3.67. The van der Waals surface area contributed by atoms with E-state index in [-0.39, 0.29) is 12.5 Å². The van der Waals surface area contributed by atoms with Gasteiger partial charge in [-0.15, -0.1) is 0 Å². The SMILES string of the molecule is CC(C)(CN1CCC(COc2ccc(-c3ccc(C(=O)O)c(F)c3)cn2)CC1)C(F)(F)F. The molecule has 0 bridgehead atoms. The van der Waals surface area contributed by atoms with Crippen molar-refractivity contribution in [2.75, 3.05) is 26.2 Å². The summed E-state index contributed by atoms with van der Waals surface area (Å²) >= 11 is 0. The minimum Gasteiger partial charge on any atom is -0.478 e. The zero-order chi connectivity index (χ0) is 23.5. The summed E-state index contributed by atoms with van der Waals surface area (Å²) in [5.41, 5.74) is -1.01. The zero-order valence-electron chi connectivity index (χ0n) is 18.0. The van der Waals surface area contributed by atoms with Crippen molar-refractivity contribution in [1.29, 1.82) is 0 Å². The molecule has 9 heteroatoms. The lowest BCUT2D eigenvalue weighted by atomic mass is 9.89. The Bertz CT molecular complexity index is 937. The lowest BCUT2D eigenvalue weighted by molar-refractivity contribution is -0.217. The summed E-state index contributed by atoms with van der Waals surface area (Å²) in [6, 6.07) is 7.23. The molecule has 2 heterocycles. The fraction of sp³-hybridized carbons (Fsp3) is 0.478. The fourth-order valence-electron chi connectivity index (χ4n) is 3.67. The van der Waals surface area contributed by atoms with Gasteiger partial charge in [0, 0.05) is 24.4 Å². The van der Waals surface area contributed by atoms with E-state index in [1.165, 1.54) is 32.2 Å². The second-order valence-corrected chi connectivity index (χ2v) is 8.80. The number of carbonyl (C=O) groups is 1. The number of hydrogen-bond donors (Lipinski definition) is 1. The van der Waals surface area contributed by atoms with Gasteiger partial charge in [0.05, 0.1) is 17.6 Å². The molecule has 0 atom stereocenters. The van der Waals surface area contributed by atoms with Crippen LogP contribution < -0.4 is 4.74 Å². The number of nitrogens with zero attached hydrogens (tertiary/aromatic N) is 2. The van der Waals surface area contributed by atoms with E-state index in [9.17, 15) is 22.4 Å². The van der Waals surface area contributed by atoms with Gasteiger partial charge in [0.1, 0.15) is 5.82 Å². The molecule has 1 aromatic carbocycles. The van der Waals surface area contributed by atoms with Crippen LogP contribution in [0.2, 0.25) is 0 Å². The first-order chi connectivity index (χ1) is 15.0. The first-order valence-corrected chi connectivity index (χ1v) is 10.4. The van der Waals surface area contributed by atoms with Crippen LogP contribution in [-0.4, -0.2) is 53.4 Å². The van der Waals surface area contributed by atoms with Gasteiger partial charge in [0.2, 0.25) is 5.88 Å². The number of aromatic carboxylic acids is 1. The van der Waals surface area contributed by atoms with Crippen LogP contribution in [0.15, 0.2) is 36.5 Å². The van der Waals surface area contributed by atoms with Crippen molar-refractivity contribution in [3.8, 4) is 17.0 Å². The van der Waals surface area contributed by atoms with E-state index in [1.807, 2.05) is 4.90 Å². The molecule has 1 saturated heterocycles. The van der Waals surface area contributed by atoms with E-state index in [4.69, 9.17) is 9.84 Å². The van der Waals surface area contributed by atoms with Crippen molar-refractivity contribution in [2.24, 2.45) is 11.3 Å². The highest BCUT2D eigenvalue weighted by molar-refractivity contribution is 5.88. The van der Waals surface area contributed by atoms with Crippen molar-refractivity contribution >= 4 is 5.97 Å². The van der Waals surface area contributed by atoms with Crippen LogP contribution in [0.3, 0.4) is 0 Å². The van der Waals surface area contributed by atoms with Crippen molar-refractivity contribution in [2.45, 2.75) is 32.9 Å². The highest BCUT2D eigenvalue weighted by Gasteiger charge is 2.48. The number of alkyl halides is 3. The highest BCUT2D eigenvalue weighted by Crippen LogP contribution is 2.38. The monoisotopic (exact) mass is 454 g/mol. The van der Waals surface area contributed by atoms with Crippen LogP contribution in [0.4, 0.5) is 17.6 Å². The molecule has 32 heavy (non-hydrogen) atoms. The summed E-state index contributed by atoms with van der Waals surface area (Å²) in [4.78, 5) is 17.0. The normalized spacial score (nSPS) is 16.2. The second-order valence-electron chi connectivity index (χ2n) is 8.80. The maximum atomic E-state index is 13.9. The zero-order valence-corrected chi connectivity index (χ0v) is 18.0. The first kappa shape index (κ1) is 24.0. The summed E-state index contributed by atoms with van der Waals surface area (Å²) in [5.74, 6) is -1.51. The summed E-state index contributed by atoms with van der Waals surface area (Å²) in [7, 11) is 0. The third-order valence-corrected chi connectivity index (χ3v) is 5.83. The van der Waals surface area contributed by atoms with E-state index in [2.05, 4.69) is 4.98 Å². The Hall–Kier alpha value is -2.68. The molecule has 1 N–H and O–H groups in total. The predicted octanol–water partition coefficient (Wildman–Crippen LogP) is 5.27. The molecule has 3 rings (SSSR count). The van der Waals surface area contributed by atoms with Gasteiger partial charge in [0.25, 0.3) is 0 Å². The molecule has 174 valence electrons.